The second kappa shape index (κ2) is 8.55. The molecule has 0 fully saturated rings. The van der Waals surface area contributed by atoms with E-state index in [4.69, 9.17) is 9.47 Å². The van der Waals surface area contributed by atoms with Crippen molar-refractivity contribution in [3.63, 3.8) is 0 Å². The highest BCUT2D eigenvalue weighted by molar-refractivity contribution is 6.22. The standard InChI is InChI=1S/C21H20N2O6/c1-13(19(25)22-11-14-7-3-6-10-17(14)28-2)29-18(24)12-23-20(26)15-8-4-5-9-16(15)21(23)27/h3-10,13H,11-12H2,1-2H3,(H,22,25). The summed E-state index contributed by atoms with van der Waals surface area (Å²) >= 11 is 0. The summed E-state index contributed by atoms with van der Waals surface area (Å²) < 4.78 is 10.3. The number of rotatable bonds is 7. The third-order valence-electron chi connectivity index (χ3n) is 4.49. The molecule has 0 radical (unpaired) electrons. The van der Waals surface area contributed by atoms with Crippen LogP contribution in [0.4, 0.5) is 0 Å². The zero-order valence-electron chi connectivity index (χ0n) is 16.0. The molecular weight excluding hydrogens is 376 g/mol. The highest BCUT2D eigenvalue weighted by atomic mass is 16.5. The molecule has 0 saturated carbocycles. The van der Waals surface area contributed by atoms with Gasteiger partial charge in [0.25, 0.3) is 17.7 Å². The molecule has 1 atom stereocenters. The number of nitrogens with zero attached hydrogens (tertiary/aromatic N) is 1. The number of amides is 3. The lowest BCUT2D eigenvalue weighted by Gasteiger charge is -2.17. The Morgan fingerprint density at radius 1 is 1.00 bits per heavy atom. The molecule has 1 heterocycles. The van der Waals surface area contributed by atoms with Crippen LogP contribution in [0, 0.1) is 0 Å². The Morgan fingerprint density at radius 2 is 1.59 bits per heavy atom. The number of esters is 1. The van der Waals surface area contributed by atoms with E-state index in [0.717, 1.165) is 10.5 Å². The molecule has 0 aliphatic carbocycles. The molecule has 2 aromatic rings. The fourth-order valence-corrected chi connectivity index (χ4v) is 2.97. The van der Waals surface area contributed by atoms with Crippen LogP contribution in [0.25, 0.3) is 0 Å². The van der Waals surface area contributed by atoms with Gasteiger partial charge in [-0.1, -0.05) is 30.3 Å². The number of ether oxygens (including phenoxy) is 2. The van der Waals surface area contributed by atoms with Crippen molar-refractivity contribution >= 4 is 23.7 Å². The third kappa shape index (κ3) is 4.26. The highest BCUT2D eigenvalue weighted by Crippen LogP contribution is 2.22. The zero-order chi connectivity index (χ0) is 21.0. The second-order valence-corrected chi connectivity index (χ2v) is 6.40. The van der Waals surface area contributed by atoms with Gasteiger partial charge in [-0.3, -0.25) is 24.1 Å². The summed E-state index contributed by atoms with van der Waals surface area (Å²) in [5, 5.41) is 2.66. The van der Waals surface area contributed by atoms with Crippen molar-refractivity contribution in [2.24, 2.45) is 0 Å². The van der Waals surface area contributed by atoms with Gasteiger partial charge in [-0.05, 0) is 25.1 Å². The molecule has 8 heteroatoms. The van der Waals surface area contributed by atoms with Gasteiger partial charge in [0.2, 0.25) is 0 Å². The van der Waals surface area contributed by atoms with Crippen LogP contribution >= 0.6 is 0 Å². The monoisotopic (exact) mass is 396 g/mol. The number of methoxy groups -OCH3 is 1. The normalized spacial score (nSPS) is 13.7. The van der Waals surface area contributed by atoms with Crippen molar-refractivity contribution in [2.45, 2.75) is 19.6 Å². The van der Waals surface area contributed by atoms with Crippen molar-refractivity contribution in [2.75, 3.05) is 13.7 Å². The number of carbonyl (C=O) groups excluding carboxylic acids is 4. The predicted molar refractivity (Wildman–Crippen MR) is 102 cm³/mol. The molecule has 1 N–H and O–H groups in total. The molecule has 8 nitrogen and oxygen atoms in total. The maximum atomic E-state index is 12.3. The van der Waals surface area contributed by atoms with Gasteiger partial charge in [0.15, 0.2) is 6.10 Å². The molecule has 0 saturated heterocycles. The van der Waals surface area contributed by atoms with Gasteiger partial charge in [0.05, 0.1) is 18.2 Å². The summed E-state index contributed by atoms with van der Waals surface area (Å²) in [6, 6.07) is 13.5. The van der Waals surface area contributed by atoms with E-state index in [1.54, 1.807) is 24.3 Å². The van der Waals surface area contributed by atoms with Crippen molar-refractivity contribution in [1.29, 1.82) is 0 Å². The molecule has 29 heavy (non-hydrogen) atoms. The number of carbonyl (C=O) groups is 4. The molecule has 1 unspecified atom stereocenters. The van der Waals surface area contributed by atoms with Crippen molar-refractivity contribution in [3.8, 4) is 5.75 Å². The number of imide groups is 1. The van der Waals surface area contributed by atoms with Crippen LogP contribution in [-0.4, -0.2) is 48.3 Å². The number of nitrogens with one attached hydrogen (secondary N) is 1. The van der Waals surface area contributed by atoms with Crippen LogP contribution in [0.15, 0.2) is 48.5 Å². The summed E-state index contributed by atoms with van der Waals surface area (Å²) in [7, 11) is 1.53. The van der Waals surface area contributed by atoms with Gasteiger partial charge < -0.3 is 14.8 Å². The Balaban J connectivity index is 1.53. The first-order valence-electron chi connectivity index (χ1n) is 8.96. The van der Waals surface area contributed by atoms with Gasteiger partial charge in [-0.25, -0.2) is 0 Å². The van der Waals surface area contributed by atoms with Gasteiger partial charge >= 0.3 is 5.97 Å². The lowest BCUT2D eigenvalue weighted by atomic mass is 10.1. The van der Waals surface area contributed by atoms with Crippen LogP contribution in [0.2, 0.25) is 0 Å². The summed E-state index contributed by atoms with van der Waals surface area (Å²) in [4.78, 5) is 49.8. The Labute approximate surface area is 167 Å². The van der Waals surface area contributed by atoms with Gasteiger partial charge in [0.1, 0.15) is 12.3 Å². The fraction of sp³-hybridized carbons (Fsp3) is 0.238. The van der Waals surface area contributed by atoms with Gasteiger partial charge in [0, 0.05) is 12.1 Å². The molecule has 3 amide bonds. The number of para-hydroxylation sites is 1. The van der Waals surface area contributed by atoms with Crippen molar-refractivity contribution < 1.29 is 28.7 Å². The average Bonchev–Trinajstić information content (AvgIpc) is 2.97. The number of fused-ring (bicyclic) bond motifs is 1. The molecule has 0 bridgehead atoms. The highest BCUT2D eigenvalue weighted by Gasteiger charge is 2.37. The Hall–Kier alpha value is -3.68. The number of hydrogen-bond donors (Lipinski definition) is 1. The van der Waals surface area contributed by atoms with Crippen LogP contribution in [0.5, 0.6) is 5.75 Å². The molecule has 1 aliphatic rings. The van der Waals surface area contributed by atoms with Crippen molar-refractivity contribution in [3.05, 3.63) is 65.2 Å². The maximum absolute atomic E-state index is 12.3. The molecule has 0 spiro atoms. The molecule has 3 rings (SSSR count). The maximum Gasteiger partial charge on any atom is 0.326 e. The van der Waals surface area contributed by atoms with Crippen LogP contribution in [0.1, 0.15) is 33.2 Å². The van der Waals surface area contributed by atoms with E-state index >= 15 is 0 Å². The zero-order valence-corrected chi connectivity index (χ0v) is 16.0. The average molecular weight is 396 g/mol. The topological polar surface area (TPSA) is 102 Å². The Kier molecular flexibility index (Phi) is 5.92. The molecule has 0 aromatic heterocycles. The minimum absolute atomic E-state index is 0.198. The van der Waals surface area contributed by atoms with E-state index in [2.05, 4.69) is 5.32 Å². The second-order valence-electron chi connectivity index (χ2n) is 6.40. The van der Waals surface area contributed by atoms with E-state index in [1.165, 1.54) is 26.2 Å². The predicted octanol–water partition coefficient (Wildman–Crippen LogP) is 1.54. The van der Waals surface area contributed by atoms with E-state index in [9.17, 15) is 19.2 Å². The fourth-order valence-electron chi connectivity index (χ4n) is 2.97. The Morgan fingerprint density at radius 3 is 2.21 bits per heavy atom. The van der Waals surface area contributed by atoms with Gasteiger partial charge in [-0.2, -0.15) is 0 Å². The molecule has 2 aromatic carbocycles. The number of benzene rings is 2. The Bertz CT molecular complexity index is 936. The molecule has 1 aliphatic heterocycles. The minimum atomic E-state index is -1.09. The summed E-state index contributed by atoms with van der Waals surface area (Å²) in [5.41, 5.74) is 1.26. The van der Waals surface area contributed by atoms with Crippen LogP contribution < -0.4 is 10.1 Å². The molecule has 150 valence electrons. The summed E-state index contributed by atoms with van der Waals surface area (Å²) in [6.07, 6.45) is -1.09. The van der Waals surface area contributed by atoms with Crippen LogP contribution in [0.3, 0.4) is 0 Å². The van der Waals surface area contributed by atoms with Crippen LogP contribution in [-0.2, 0) is 20.9 Å². The minimum Gasteiger partial charge on any atom is -0.496 e. The quantitative estimate of drug-likeness (QED) is 0.563. The van der Waals surface area contributed by atoms with E-state index in [-0.39, 0.29) is 17.7 Å². The summed E-state index contributed by atoms with van der Waals surface area (Å²) in [6.45, 7) is 1.05. The molecular formula is C21H20N2O6. The first kappa shape index (κ1) is 20.1. The van der Waals surface area contributed by atoms with E-state index in [0.29, 0.717) is 5.75 Å². The first-order valence-corrected chi connectivity index (χ1v) is 8.96. The smallest absolute Gasteiger partial charge is 0.326 e. The third-order valence-corrected chi connectivity index (χ3v) is 4.49. The van der Waals surface area contributed by atoms with Crippen molar-refractivity contribution in [1.82, 2.24) is 10.2 Å². The largest absolute Gasteiger partial charge is 0.496 e. The first-order chi connectivity index (χ1) is 13.9. The van der Waals surface area contributed by atoms with E-state index < -0.39 is 36.3 Å². The SMILES string of the molecule is COc1ccccc1CNC(=O)C(C)OC(=O)CN1C(=O)c2ccccc2C1=O. The lowest BCUT2D eigenvalue weighted by Crippen LogP contribution is -2.40. The number of hydrogen-bond acceptors (Lipinski definition) is 6. The van der Waals surface area contributed by atoms with Gasteiger partial charge in [-0.15, -0.1) is 0 Å². The summed E-state index contributed by atoms with van der Waals surface area (Å²) in [5.74, 6) is -1.85. The lowest BCUT2D eigenvalue weighted by molar-refractivity contribution is -0.155. The van der Waals surface area contributed by atoms with E-state index in [1.807, 2.05) is 12.1 Å².